The molecule has 3 unspecified atom stereocenters. The summed E-state index contributed by atoms with van der Waals surface area (Å²) in [7, 11) is 1.34. The van der Waals surface area contributed by atoms with Gasteiger partial charge in [0.05, 0.1) is 7.11 Å². The molecule has 0 bridgehead atoms. The fourth-order valence-corrected chi connectivity index (χ4v) is 3.82. The summed E-state index contributed by atoms with van der Waals surface area (Å²) in [6.07, 6.45) is 3.16. The zero-order valence-electron chi connectivity index (χ0n) is 17.6. The number of hydrogen-bond acceptors (Lipinski definition) is 5. The highest BCUT2D eigenvalue weighted by atomic mass is 35.5. The quantitative estimate of drug-likeness (QED) is 0.508. The number of nitrogens with one attached hydrogen (secondary N) is 1. The summed E-state index contributed by atoms with van der Waals surface area (Å²) in [5.74, 6) is -2.96. The van der Waals surface area contributed by atoms with Crippen LogP contribution in [0.2, 0.25) is 5.02 Å². The number of methoxy groups -OCH3 is 1. The SMILES string of the molecule is COc1ccnc(C(=O)NC(C)(C(=O)O)C(C)C(C)n2ccc3cc(Cl)ccc32)c1O. The third-order valence-corrected chi connectivity index (χ3v) is 6.13. The Bertz CT molecular complexity index is 1150. The standard InChI is InChI=1S/C22H24ClN3O5/c1-12(13(2)26-10-8-14-11-15(23)5-6-16(14)26)22(3,21(29)30)25-20(28)18-19(27)17(31-4)7-9-24-18/h5-13,27H,1-4H3,(H,25,28)(H,29,30). The van der Waals surface area contributed by atoms with Gasteiger partial charge < -0.3 is 24.8 Å². The molecule has 8 nitrogen and oxygen atoms in total. The smallest absolute Gasteiger partial charge is 0.329 e. The molecule has 0 spiro atoms. The number of amides is 1. The number of fused-ring (bicyclic) bond motifs is 1. The van der Waals surface area contributed by atoms with E-state index in [1.807, 2.05) is 35.9 Å². The normalized spacial score (nSPS) is 15.1. The van der Waals surface area contributed by atoms with E-state index in [2.05, 4.69) is 10.3 Å². The van der Waals surface area contributed by atoms with E-state index >= 15 is 0 Å². The number of hydrogen-bond donors (Lipinski definition) is 3. The summed E-state index contributed by atoms with van der Waals surface area (Å²) in [5, 5.41) is 24.3. The minimum atomic E-state index is -1.66. The number of pyridine rings is 1. The van der Waals surface area contributed by atoms with Crippen LogP contribution in [0.1, 0.15) is 37.3 Å². The molecule has 3 N–H and O–H groups in total. The Balaban J connectivity index is 1.94. The van der Waals surface area contributed by atoms with E-state index in [1.165, 1.54) is 26.3 Å². The number of rotatable bonds is 7. The largest absolute Gasteiger partial charge is 0.503 e. The van der Waals surface area contributed by atoms with Crippen molar-refractivity contribution >= 4 is 34.4 Å². The van der Waals surface area contributed by atoms with Crippen molar-refractivity contribution < 1.29 is 24.5 Å². The van der Waals surface area contributed by atoms with Gasteiger partial charge in [0.15, 0.2) is 17.2 Å². The highest BCUT2D eigenvalue weighted by molar-refractivity contribution is 6.31. The van der Waals surface area contributed by atoms with Crippen LogP contribution in [0, 0.1) is 5.92 Å². The molecule has 2 aromatic heterocycles. The van der Waals surface area contributed by atoms with Crippen LogP contribution in [0.25, 0.3) is 10.9 Å². The summed E-state index contributed by atoms with van der Waals surface area (Å²) in [6, 6.07) is 8.48. The highest BCUT2D eigenvalue weighted by Crippen LogP contribution is 2.34. The number of ether oxygens (including phenoxy) is 1. The third kappa shape index (κ3) is 4.03. The first-order valence-electron chi connectivity index (χ1n) is 9.64. The monoisotopic (exact) mass is 445 g/mol. The summed E-state index contributed by atoms with van der Waals surface area (Å²) < 4.78 is 6.95. The van der Waals surface area contributed by atoms with E-state index in [9.17, 15) is 19.8 Å². The Morgan fingerprint density at radius 2 is 1.97 bits per heavy atom. The zero-order valence-corrected chi connectivity index (χ0v) is 18.3. The molecule has 0 fully saturated rings. The Morgan fingerprint density at radius 3 is 2.61 bits per heavy atom. The van der Waals surface area contributed by atoms with E-state index < -0.39 is 29.1 Å². The maximum atomic E-state index is 12.8. The van der Waals surface area contributed by atoms with Crippen molar-refractivity contribution in [2.75, 3.05) is 7.11 Å². The number of aliphatic carboxylic acids is 1. The Labute approximate surface area is 184 Å². The number of halogens is 1. The molecule has 1 aromatic carbocycles. The van der Waals surface area contributed by atoms with Crippen molar-refractivity contribution in [2.45, 2.75) is 32.4 Å². The zero-order chi connectivity index (χ0) is 22.9. The van der Waals surface area contributed by atoms with Gasteiger partial charge in [-0.1, -0.05) is 18.5 Å². The van der Waals surface area contributed by atoms with E-state index in [4.69, 9.17) is 16.3 Å². The molecular formula is C22H24ClN3O5. The van der Waals surface area contributed by atoms with Gasteiger partial charge in [-0.15, -0.1) is 0 Å². The van der Waals surface area contributed by atoms with Crippen molar-refractivity contribution in [3.05, 3.63) is 53.4 Å². The number of aromatic hydroxyl groups is 1. The van der Waals surface area contributed by atoms with Crippen molar-refractivity contribution in [1.29, 1.82) is 0 Å². The number of carbonyl (C=O) groups is 2. The summed E-state index contributed by atoms with van der Waals surface area (Å²) in [6.45, 7) is 5.07. The summed E-state index contributed by atoms with van der Waals surface area (Å²) in [5.41, 5.74) is -1.07. The Hall–Kier alpha value is -3.26. The first-order valence-corrected chi connectivity index (χ1v) is 10.0. The predicted molar refractivity (Wildman–Crippen MR) is 117 cm³/mol. The average Bonchev–Trinajstić information content (AvgIpc) is 3.15. The summed E-state index contributed by atoms with van der Waals surface area (Å²) >= 11 is 6.06. The van der Waals surface area contributed by atoms with Crippen LogP contribution in [0.3, 0.4) is 0 Å². The molecule has 164 valence electrons. The number of nitrogens with zero attached hydrogens (tertiary/aromatic N) is 2. The van der Waals surface area contributed by atoms with Gasteiger partial charge in [-0.05, 0) is 38.1 Å². The number of carboxylic acids is 1. The molecule has 3 atom stereocenters. The van der Waals surface area contributed by atoms with Crippen LogP contribution in [-0.2, 0) is 4.79 Å². The number of carbonyl (C=O) groups excluding carboxylic acids is 1. The van der Waals surface area contributed by atoms with E-state index in [0.717, 1.165) is 10.9 Å². The molecule has 0 saturated carbocycles. The lowest BCUT2D eigenvalue weighted by Gasteiger charge is -2.36. The van der Waals surface area contributed by atoms with Crippen molar-refractivity contribution in [3.8, 4) is 11.5 Å². The molecule has 1 amide bonds. The lowest BCUT2D eigenvalue weighted by atomic mass is 9.81. The van der Waals surface area contributed by atoms with Gasteiger partial charge in [-0.25, -0.2) is 9.78 Å². The minimum Gasteiger partial charge on any atom is -0.503 e. The average molecular weight is 446 g/mol. The molecule has 9 heteroatoms. The third-order valence-electron chi connectivity index (χ3n) is 5.90. The molecule has 0 saturated heterocycles. The second-order valence-electron chi connectivity index (χ2n) is 7.63. The molecule has 0 radical (unpaired) electrons. The first-order chi connectivity index (χ1) is 14.6. The molecule has 2 heterocycles. The van der Waals surface area contributed by atoms with Crippen molar-refractivity contribution in [3.63, 3.8) is 0 Å². The van der Waals surface area contributed by atoms with Gasteiger partial charge >= 0.3 is 5.97 Å². The van der Waals surface area contributed by atoms with Crippen LogP contribution >= 0.6 is 11.6 Å². The maximum absolute atomic E-state index is 12.8. The molecule has 0 aliphatic carbocycles. The molecule has 3 rings (SSSR count). The fraction of sp³-hybridized carbons (Fsp3) is 0.318. The van der Waals surface area contributed by atoms with E-state index in [0.29, 0.717) is 5.02 Å². The second-order valence-corrected chi connectivity index (χ2v) is 8.06. The molecule has 0 aliphatic rings. The predicted octanol–water partition coefficient (Wildman–Crippen LogP) is 3.87. The van der Waals surface area contributed by atoms with Crippen LogP contribution in [0.4, 0.5) is 0 Å². The molecule has 31 heavy (non-hydrogen) atoms. The highest BCUT2D eigenvalue weighted by Gasteiger charge is 2.44. The van der Waals surface area contributed by atoms with Crippen molar-refractivity contribution in [2.24, 2.45) is 5.92 Å². The number of aromatic nitrogens is 2. The fourth-order valence-electron chi connectivity index (χ4n) is 3.64. The van der Waals surface area contributed by atoms with Crippen LogP contribution in [0.15, 0.2) is 42.7 Å². The van der Waals surface area contributed by atoms with E-state index in [-0.39, 0.29) is 17.5 Å². The van der Waals surface area contributed by atoms with Gasteiger partial charge in [0, 0.05) is 46.3 Å². The van der Waals surface area contributed by atoms with Gasteiger partial charge in [-0.3, -0.25) is 4.79 Å². The van der Waals surface area contributed by atoms with Crippen LogP contribution < -0.4 is 10.1 Å². The topological polar surface area (TPSA) is 114 Å². The minimum absolute atomic E-state index is 0.0658. The Morgan fingerprint density at radius 1 is 1.26 bits per heavy atom. The molecular weight excluding hydrogens is 422 g/mol. The number of benzene rings is 1. The molecule has 0 aliphatic heterocycles. The van der Waals surface area contributed by atoms with Gasteiger partial charge in [-0.2, -0.15) is 0 Å². The van der Waals surface area contributed by atoms with Gasteiger partial charge in [0.2, 0.25) is 0 Å². The maximum Gasteiger partial charge on any atom is 0.329 e. The van der Waals surface area contributed by atoms with Crippen molar-refractivity contribution in [1.82, 2.24) is 14.9 Å². The van der Waals surface area contributed by atoms with Gasteiger partial charge in [0.25, 0.3) is 5.91 Å². The van der Waals surface area contributed by atoms with Crippen LogP contribution in [-0.4, -0.2) is 44.3 Å². The first kappa shape index (κ1) is 22.4. The summed E-state index contributed by atoms with van der Waals surface area (Å²) in [4.78, 5) is 29.0. The van der Waals surface area contributed by atoms with E-state index in [1.54, 1.807) is 13.0 Å². The van der Waals surface area contributed by atoms with Gasteiger partial charge in [0.1, 0.15) is 5.54 Å². The second kappa shape index (κ2) is 8.47. The Kier molecular flexibility index (Phi) is 6.13. The number of carboxylic acid groups (broad SMARTS) is 1. The molecule has 3 aromatic rings. The lowest BCUT2D eigenvalue weighted by Crippen LogP contribution is -2.58. The lowest BCUT2D eigenvalue weighted by molar-refractivity contribution is -0.146. The van der Waals surface area contributed by atoms with Crippen LogP contribution in [0.5, 0.6) is 11.5 Å².